The minimum Gasteiger partial charge on any atom is -0.393 e. The summed E-state index contributed by atoms with van der Waals surface area (Å²) in [4.78, 5) is 20.6. The number of nitrogens with one attached hydrogen (secondary N) is 2. The van der Waals surface area contributed by atoms with Gasteiger partial charge in [0.05, 0.1) is 12.5 Å². The Labute approximate surface area is 158 Å². The number of para-hydroxylation sites is 1. The van der Waals surface area contributed by atoms with Crippen LogP contribution in [0.5, 0.6) is 0 Å². The molecule has 1 atom stereocenters. The molecule has 3 N–H and O–H groups in total. The largest absolute Gasteiger partial charge is 0.393 e. The van der Waals surface area contributed by atoms with Crippen molar-refractivity contribution in [3.05, 3.63) is 65.6 Å². The van der Waals surface area contributed by atoms with Crippen LogP contribution in [0.2, 0.25) is 0 Å². The van der Waals surface area contributed by atoms with E-state index in [1.807, 2.05) is 43.3 Å². The minimum absolute atomic E-state index is 0.00121. The van der Waals surface area contributed by atoms with E-state index < -0.39 is 0 Å². The highest BCUT2D eigenvalue weighted by Crippen LogP contribution is 2.32. The lowest BCUT2D eigenvalue weighted by molar-refractivity contribution is -0.122. The number of aromatic amines is 1. The molecule has 0 spiro atoms. The van der Waals surface area contributed by atoms with Gasteiger partial charge in [0.2, 0.25) is 5.91 Å². The number of H-pyrrole nitrogens is 1. The summed E-state index contributed by atoms with van der Waals surface area (Å²) in [6.45, 7) is 2.01. The second-order valence-corrected chi connectivity index (χ2v) is 7.54. The van der Waals surface area contributed by atoms with Crippen LogP contribution in [0.1, 0.15) is 29.8 Å². The Hall–Kier alpha value is -2.66. The number of carbonyl (C=O) groups excluding carboxylic acids is 1. The summed E-state index contributed by atoms with van der Waals surface area (Å²) in [6, 6.07) is 13.9. The van der Waals surface area contributed by atoms with E-state index in [1.54, 1.807) is 6.20 Å². The molecule has 3 aromatic rings. The number of nitrogens with zero attached hydrogens (tertiary/aromatic N) is 1. The SMILES string of the molecule is Cc1[nH]c2ccccc2c1CC(=O)N[C@@H](Cc1ccccn1)C1CC(O)C1. The van der Waals surface area contributed by atoms with Crippen LogP contribution >= 0.6 is 0 Å². The zero-order valence-corrected chi connectivity index (χ0v) is 15.5. The fraction of sp³-hybridized carbons (Fsp3) is 0.364. The third kappa shape index (κ3) is 3.88. The van der Waals surface area contributed by atoms with Crippen molar-refractivity contribution in [3.63, 3.8) is 0 Å². The summed E-state index contributed by atoms with van der Waals surface area (Å²) in [6.07, 6.45) is 4.06. The van der Waals surface area contributed by atoms with E-state index in [9.17, 15) is 9.90 Å². The molecule has 1 aliphatic rings. The van der Waals surface area contributed by atoms with Crippen LogP contribution in [0.3, 0.4) is 0 Å². The van der Waals surface area contributed by atoms with E-state index in [4.69, 9.17) is 0 Å². The van der Waals surface area contributed by atoms with Gasteiger partial charge < -0.3 is 15.4 Å². The molecule has 1 aliphatic carbocycles. The number of amides is 1. The first-order valence-electron chi connectivity index (χ1n) is 9.53. The highest BCUT2D eigenvalue weighted by atomic mass is 16.3. The second-order valence-electron chi connectivity index (χ2n) is 7.54. The number of aromatic nitrogens is 2. The number of aliphatic hydroxyl groups excluding tert-OH is 1. The molecule has 4 rings (SSSR count). The highest BCUT2D eigenvalue weighted by molar-refractivity contribution is 5.90. The van der Waals surface area contributed by atoms with Crippen molar-refractivity contribution in [2.45, 2.75) is 44.8 Å². The molecule has 140 valence electrons. The van der Waals surface area contributed by atoms with Crippen molar-refractivity contribution in [1.82, 2.24) is 15.3 Å². The van der Waals surface area contributed by atoms with Crippen LogP contribution in [0, 0.1) is 12.8 Å². The number of hydrogen-bond acceptors (Lipinski definition) is 3. The fourth-order valence-corrected chi connectivity index (χ4v) is 4.02. The third-order valence-electron chi connectivity index (χ3n) is 5.58. The number of aliphatic hydroxyl groups is 1. The zero-order valence-electron chi connectivity index (χ0n) is 15.5. The number of pyridine rings is 1. The Morgan fingerprint density at radius 2 is 2.04 bits per heavy atom. The molecule has 1 aromatic carbocycles. The van der Waals surface area contributed by atoms with Crippen molar-refractivity contribution < 1.29 is 9.90 Å². The lowest BCUT2D eigenvalue weighted by atomic mass is 9.76. The number of carbonyl (C=O) groups is 1. The lowest BCUT2D eigenvalue weighted by Crippen LogP contribution is -2.48. The Kier molecular flexibility index (Phi) is 4.94. The molecule has 5 heteroatoms. The van der Waals surface area contributed by atoms with Crippen LogP contribution in [0.25, 0.3) is 10.9 Å². The summed E-state index contributed by atoms with van der Waals surface area (Å²) < 4.78 is 0. The first kappa shape index (κ1) is 17.7. The quantitative estimate of drug-likeness (QED) is 0.630. The summed E-state index contributed by atoms with van der Waals surface area (Å²) >= 11 is 0. The molecule has 0 radical (unpaired) electrons. The monoisotopic (exact) mass is 363 g/mol. The van der Waals surface area contributed by atoms with Gasteiger partial charge in [0, 0.05) is 41.0 Å². The van der Waals surface area contributed by atoms with Crippen molar-refractivity contribution in [2.24, 2.45) is 5.92 Å². The van der Waals surface area contributed by atoms with Crippen LogP contribution in [0.15, 0.2) is 48.7 Å². The predicted molar refractivity (Wildman–Crippen MR) is 105 cm³/mol. The Balaban J connectivity index is 1.48. The van der Waals surface area contributed by atoms with Gasteiger partial charge in [0.1, 0.15) is 0 Å². The Morgan fingerprint density at radius 1 is 1.26 bits per heavy atom. The molecule has 1 amide bonds. The van der Waals surface area contributed by atoms with Crippen molar-refractivity contribution in [1.29, 1.82) is 0 Å². The van der Waals surface area contributed by atoms with E-state index in [1.165, 1.54) is 0 Å². The molecular weight excluding hydrogens is 338 g/mol. The molecule has 1 fully saturated rings. The molecular formula is C22H25N3O2. The summed E-state index contributed by atoms with van der Waals surface area (Å²) in [5.74, 6) is 0.320. The molecule has 0 bridgehead atoms. The van der Waals surface area contributed by atoms with Crippen LogP contribution in [-0.4, -0.2) is 33.1 Å². The molecule has 5 nitrogen and oxygen atoms in total. The molecule has 2 heterocycles. The number of fused-ring (bicyclic) bond motifs is 1. The first-order valence-corrected chi connectivity index (χ1v) is 9.53. The van der Waals surface area contributed by atoms with Crippen molar-refractivity contribution in [2.75, 3.05) is 0 Å². The standard InChI is InChI=1S/C22H25N3O2/c1-14-19(18-7-2-3-8-20(18)24-14)13-22(27)25-21(15-10-17(26)11-15)12-16-6-4-5-9-23-16/h2-9,15,17,21,24,26H,10-13H2,1H3,(H,25,27)/t15?,17?,21-/m0/s1. The summed E-state index contributed by atoms with van der Waals surface area (Å²) in [5.41, 5.74) is 4.11. The maximum Gasteiger partial charge on any atom is 0.224 e. The summed E-state index contributed by atoms with van der Waals surface area (Å²) in [5, 5.41) is 14.0. The van der Waals surface area contributed by atoms with Crippen LogP contribution < -0.4 is 5.32 Å². The maximum absolute atomic E-state index is 12.8. The number of rotatable bonds is 6. The van der Waals surface area contributed by atoms with Gasteiger partial charge in [-0.15, -0.1) is 0 Å². The normalized spacial score (nSPS) is 20.2. The van der Waals surface area contributed by atoms with Gasteiger partial charge in [0.15, 0.2) is 0 Å². The van der Waals surface area contributed by atoms with Crippen molar-refractivity contribution >= 4 is 16.8 Å². The van der Waals surface area contributed by atoms with E-state index in [0.717, 1.165) is 40.7 Å². The number of benzene rings is 1. The van der Waals surface area contributed by atoms with Crippen LogP contribution in [-0.2, 0) is 17.6 Å². The van der Waals surface area contributed by atoms with E-state index in [-0.39, 0.29) is 18.1 Å². The molecule has 27 heavy (non-hydrogen) atoms. The van der Waals surface area contributed by atoms with Gasteiger partial charge in [-0.3, -0.25) is 9.78 Å². The van der Waals surface area contributed by atoms with Gasteiger partial charge in [-0.1, -0.05) is 24.3 Å². The average Bonchev–Trinajstić information content (AvgIpc) is 2.95. The van der Waals surface area contributed by atoms with E-state index >= 15 is 0 Å². The topological polar surface area (TPSA) is 78.0 Å². The molecule has 1 saturated carbocycles. The van der Waals surface area contributed by atoms with Crippen LogP contribution in [0.4, 0.5) is 0 Å². The zero-order chi connectivity index (χ0) is 18.8. The molecule has 0 unspecified atom stereocenters. The molecule has 0 saturated heterocycles. The smallest absolute Gasteiger partial charge is 0.224 e. The summed E-state index contributed by atoms with van der Waals surface area (Å²) in [7, 11) is 0. The van der Waals surface area contributed by atoms with Gasteiger partial charge in [-0.05, 0) is 49.4 Å². The van der Waals surface area contributed by atoms with Gasteiger partial charge in [-0.2, -0.15) is 0 Å². The Morgan fingerprint density at radius 3 is 2.78 bits per heavy atom. The number of aryl methyl sites for hydroxylation is 1. The average molecular weight is 363 g/mol. The third-order valence-corrected chi connectivity index (χ3v) is 5.58. The van der Waals surface area contributed by atoms with Crippen molar-refractivity contribution in [3.8, 4) is 0 Å². The Bertz CT molecular complexity index is 929. The predicted octanol–water partition coefficient (Wildman–Crippen LogP) is 2.91. The number of hydrogen-bond donors (Lipinski definition) is 3. The first-order chi connectivity index (χ1) is 13.1. The van der Waals surface area contributed by atoms with Gasteiger partial charge >= 0.3 is 0 Å². The van der Waals surface area contributed by atoms with Gasteiger partial charge in [0.25, 0.3) is 0 Å². The highest BCUT2D eigenvalue weighted by Gasteiger charge is 2.35. The maximum atomic E-state index is 12.8. The molecule has 2 aromatic heterocycles. The van der Waals surface area contributed by atoms with E-state index in [2.05, 4.69) is 21.4 Å². The molecule has 0 aliphatic heterocycles. The minimum atomic E-state index is -0.242. The fourth-order valence-electron chi connectivity index (χ4n) is 4.02. The lowest BCUT2D eigenvalue weighted by Gasteiger charge is -2.38. The van der Waals surface area contributed by atoms with Gasteiger partial charge in [-0.25, -0.2) is 0 Å². The van der Waals surface area contributed by atoms with E-state index in [0.29, 0.717) is 18.8 Å². The second kappa shape index (κ2) is 7.53.